The third-order valence-electron chi connectivity index (χ3n) is 3.39. The number of nitrogens with one attached hydrogen (secondary N) is 1. The minimum atomic E-state index is 0.578. The minimum absolute atomic E-state index is 0.578. The molecule has 0 unspecified atom stereocenters. The number of rotatable bonds is 6. The molecule has 0 heterocycles. The largest absolute Gasteiger partial charge is 0.398 e. The molecule has 3 N–H and O–H groups in total. The number of benzene rings is 1. The molecule has 0 aliphatic heterocycles. The van der Waals surface area contributed by atoms with E-state index in [1.165, 1.54) is 0 Å². The Morgan fingerprint density at radius 2 is 1.78 bits per heavy atom. The fraction of sp³-hybridized carbons (Fsp3) is 0.600. The zero-order chi connectivity index (χ0) is 13.7. The van der Waals surface area contributed by atoms with Gasteiger partial charge in [-0.2, -0.15) is 0 Å². The summed E-state index contributed by atoms with van der Waals surface area (Å²) in [6, 6.07) is 7.17. The third kappa shape index (κ3) is 3.91. The van der Waals surface area contributed by atoms with Crippen molar-refractivity contribution < 1.29 is 0 Å². The maximum Gasteiger partial charge on any atom is 0.0391 e. The average molecular weight is 249 g/mol. The SMILES string of the molecule is Cc1c(N)cccc1NCCN(C(C)C)C(C)C. The first-order valence-electron chi connectivity index (χ1n) is 6.78. The van der Waals surface area contributed by atoms with Crippen molar-refractivity contribution >= 4 is 11.4 Å². The van der Waals surface area contributed by atoms with Crippen molar-refractivity contribution in [1.29, 1.82) is 0 Å². The molecule has 18 heavy (non-hydrogen) atoms. The van der Waals surface area contributed by atoms with Crippen molar-refractivity contribution in [1.82, 2.24) is 4.90 Å². The average Bonchev–Trinajstić information content (AvgIpc) is 2.28. The Hall–Kier alpha value is -1.22. The van der Waals surface area contributed by atoms with Crippen LogP contribution in [0.25, 0.3) is 0 Å². The summed E-state index contributed by atoms with van der Waals surface area (Å²) >= 11 is 0. The first-order chi connectivity index (χ1) is 8.43. The first-order valence-corrected chi connectivity index (χ1v) is 6.78. The monoisotopic (exact) mass is 249 g/mol. The van der Waals surface area contributed by atoms with Gasteiger partial charge in [0, 0.05) is 36.5 Å². The number of nitrogens with zero attached hydrogens (tertiary/aromatic N) is 1. The van der Waals surface area contributed by atoms with E-state index in [-0.39, 0.29) is 0 Å². The molecule has 3 heteroatoms. The number of nitrogens with two attached hydrogens (primary N) is 1. The third-order valence-corrected chi connectivity index (χ3v) is 3.39. The number of hydrogen-bond donors (Lipinski definition) is 2. The van der Waals surface area contributed by atoms with Gasteiger partial charge in [-0.3, -0.25) is 4.90 Å². The van der Waals surface area contributed by atoms with Gasteiger partial charge in [0.05, 0.1) is 0 Å². The Bertz CT molecular complexity index is 364. The number of hydrogen-bond acceptors (Lipinski definition) is 3. The molecule has 102 valence electrons. The summed E-state index contributed by atoms with van der Waals surface area (Å²) in [5.41, 5.74) is 9.03. The van der Waals surface area contributed by atoms with Crippen LogP contribution in [0.2, 0.25) is 0 Å². The summed E-state index contributed by atoms with van der Waals surface area (Å²) < 4.78 is 0. The second kappa shape index (κ2) is 6.64. The van der Waals surface area contributed by atoms with Crippen LogP contribution in [0, 0.1) is 6.92 Å². The van der Waals surface area contributed by atoms with Crippen molar-refractivity contribution in [2.24, 2.45) is 0 Å². The van der Waals surface area contributed by atoms with Gasteiger partial charge < -0.3 is 11.1 Å². The van der Waals surface area contributed by atoms with Crippen LogP contribution in [0.15, 0.2) is 18.2 Å². The summed E-state index contributed by atoms with van der Waals surface area (Å²) in [4.78, 5) is 2.48. The molecular weight excluding hydrogens is 222 g/mol. The van der Waals surface area contributed by atoms with Crippen LogP contribution >= 0.6 is 0 Å². The summed E-state index contributed by atoms with van der Waals surface area (Å²) in [7, 11) is 0. The van der Waals surface area contributed by atoms with Crippen molar-refractivity contribution in [2.45, 2.75) is 46.7 Å². The lowest BCUT2D eigenvalue weighted by Crippen LogP contribution is -2.40. The number of anilines is 2. The quantitative estimate of drug-likeness (QED) is 0.761. The molecule has 0 saturated heterocycles. The molecule has 0 spiro atoms. The van der Waals surface area contributed by atoms with Crippen LogP contribution in [-0.2, 0) is 0 Å². The molecule has 3 nitrogen and oxygen atoms in total. The molecule has 0 fully saturated rings. The lowest BCUT2D eigenvalue weighted by molar-refractivity contribution is 0.182. The fourth-order valence-electron chi connectivity index (χ4n) is 2.28. The first kappa shape index (κ1) is 14.8. The van der Waals surface area contributed by atoms with Crippen LogP contribution < -0.4 is 11.1 Å². The summed E-state index contributed by atoms with van der Waals surface area (Å²) in [6.07, 6.45) is 0. The van der Waals surface area contributed by atoms with E-state index in [2.05, 4.69) is 50.9 Å². The molecule has 0 amide bonds. The van der Waals surface area contributed by atoms with Gasteiger partial charge in [0.1, 0.15) is 0 Å². The lowest BCUT2D eigenvalue weighted by atomic mass is 10.1. The van der Waals surface area contributed by atoms with E-state index in [9.17, 15) is 0 Å². The normalized spacial score (nSPS) is 11.6. The van der Waals surface area contributed by atoms with Crippen molar-refractivity contribution in [3.05, 3.63) is 23.8 Å². The Labute approximate surface area is 111 Å². The zero-order valence-corrected chi connectivity index (χ0v) is 12.3. The Kier molecular flexibility index (Phi) is 5.48. The second-order valence-electron chi connectivity index (χ2n) is 5.37. The van der Waals surface area contributed by atoms with Crippen molar-refractivity contribution in [2.75, 3.05) is 24.1 Å². The van der Waals surface area contributed by atoms with Gasteiger partial charge in [0.15, 0.2) is 0 Å². The minimum Gasteiger partial charge on any atom is -0.398 e. The Morgan fingerprint density at radius 3 is 2.33 bits per heavy atom. The second-order valence-corrected chi connectivity index (χ2v) is 5.37. The highest BCUT2D eigenvalue weighted by atomic mass is 15.2. The molecule has 0 radical (unpaired) electrons. The van der Waals surface area contributed by atoms with Crippen LogP contribution in [0.4, 0.5) is 11.4 Å². The Morgan fingerprint density at radius 1 is 1.17 bits per heavy atom. The van der Waals surface area contributed by atoms with Crippen LogP contribution in [0.5, 0.6) is 0 Å². The van der Waals surface area contributed by atoms with E-state index in [4.69, 9.17) is 5.73 Å². The van der Waals surface area contributed by atoms with Crippen LogP contribution in [0.3, 0.4) is 0 Å². The van der Waals surface area contributed by atoms with Gasteiger partial charge in [0.2, 0.25) is 0 Å². The lowest BCUT2D eigenvalue weighted by Gasteiger charge is -2.30. The van der Waals surface area contributed by atoms with E-state index in [1.807, 2.05) is 12.1 Å². The van der Waals surface area contributed by atoms with Crippen LogP contribution in [0.1, 0.15) is 33.3 Å². The van der Waals surface area contributed by atoms with Gasteiger partial charge in [-0.25, -0.2) is 0 Å². The maximum absolute atomic E-state index is 5.90. The highest BCUT2D eigenvalue weighted by Crippen LogP contribution is 2.20. The Balaban J connectivity index is 2.53. The van der Waals surface area contributed by atoms with Gasteiger partial charge in [-0.1, -0.05) is 6.07 Å². The van der Waals surface area contributed by atoms with Gasteiger partial charge in [0.25, 0.3) is 0 Å². The van der Waals surface area contributed by atoms with E-state index in [1.54, 1.807) is 0 Å². The molecule has 1 rings (SSSR count). The summed E-state index contributed by atoms with van der Waals surface area (Å²) in [5, 5.41) is 3.47. The standard InChI is InChI=1S/C15H27N3/c1-11(2)18(12(3)4)10-9-17-15-8-6-7-14(16)13(15)5/h6-8,11-12,17H,9-10,16H2,1-5H3. The van der Waals surface area contributed by atoms with E-state index < -0.39 is 0 Å². The summed E-state index contributed by atoms with van der Waals surface area (Å²) in [5.74, 6) is 0. The highest BCUT2D eigenvalue weighted by Gasteiger charge is 2.12. The smallest absolute Gasteiger partial charge is 0.0391 e. The van der Waals surface area contributed by atoms with Crippen molar-refractivity contribution in [3.8, 4) is 0 Å². The van der Waals surface area contributed by atoms with E-state index >= 15 is 0 Å². The molecule has 1 aromatic rings. The maximum atomic E-state index is 5.90. The topological polar surface area (TPSA) is 41.3 Å². The molecule has 0 bridgehead atoms. The zero-order valence-electron chi connectivity index (χ0n) is 12.3. The molecular formula is C15H27N3. The van der Waals surface area contributed by atoms with Gasteiger partial charge >= 0.3 is 0 Å². The molecule has 0 aliphatic rings. The number of nitrogen functional groups attached to an aromatic ring is 1. The molecule has 1 aromatic carbocycles. The molecule has 0 saturated carbocycles. The van der Waals surface area contributed by atoms with E-state index in [0.717, 1.165) is 30.0 Å². The predicted molar refractivity (Wildman–Crippen MR) is 81.1 cm³/mol. The molecule has 0 aromatic heterocycles. The van der Waals surface area contributed by atoms with Crippen molar-refractivity contribution in [3.63, 3.8) is 0 Å². The van der Waals surface area contributed by atoms with Gasteiger partial charge in [-0.05, 0) is 52.3 Å². The van der Waals surface area contributed by atoms with Gasteiger partial charge in [-0.15, -0.1) is 0 Å². The summed E-state index contributed by atoms with van der Waals surface area (Å²) in [6.45, 7) is 13.0. The van der Waals surface area contributed by atoms with Crippen LogP contribution in [-0.4, -0.2) is 30.1 Å². The molecule has 0 atom stereocenters. The highest BCUT2D eigenvalue weighted by molar-refractivity contribution is 5.62. The predicted octanol–water partition coefficient (Wildman–Crippen LogP) is 3.11. The van der Waals surface area contributed by atoms with E-state index in [0.29, 0.717) is 12.1 Å². The molecule has 0 aliphatic carbocycles. The fourth-order valence-corrected chi connectivity index (χ4v) is 2.28.